The van der Waals surface area contributed by atoms with E-state index in [1.807, 2.05) is 60.7 Å². The van der Waals surface area contributed by atoms with E-state index >= 15 is 0 Å². The predicted molar refractivity (Wildman–Crippen MR) is 130 cm³/mol. The topological polar surface area (TPSA) is 89.6 Å². The Hall–Kier alpha value is -4.17. The second kappa shape index (κ2) is 9.76. The Morgan fingerprint density at radius 1 is 0.912 bits per heavy atom. The predicted octanol–water partition coefficient (Wildman–Crippen LogP) is 4.65. The van der Waals surface area contributed by atoms with Crippen molar-refractivity contribution in [3.8, 4) is 22.8 Å². The van der Waals surface area contributed by atoms with Gasteiger partial charge in [-0.1, -0.05) is 60.7 Å². The van der Waals surface area contributed by atoms with Crippen LogP contribution in [0.15, 0.2) is 78.9 Å². The lowest BCUT2D eigenvalue weighted by Crippen LogP contribution is -2.24. The van der Waals surface area contributed by atoms with Crippen LogP contribution < -0.4 is 20.1 Å². The summed E-state index contributed by atoms with van der Waals surface area (Å²) in [5.41, 5.74) is 2.97. The number of fused-ring (bicyclic) bond motifs is 1. The highest BCUT2D eigenvalue weighted by Crippen LogP contribution is 2.35. The molecule has 4 aromatic rings. The van der Waals surface area contributed by atoms with Crippen molar-refractivity contribution >= 4 is 28.8 Å². The Balaban J connectivity index is 1.35. The number of thiazole rings is 1. The zero-order valence-corrected chi connectivity index (χ0v) is 18.9. The second-order valence-corrected chi connectivity index (χ2v) is 8.70. The summed E-state index contributed by atoms with van der Waals surface area (Å²) in [6.45, 7) is 0.601. The van der Waals surface area contributed by atoms with Crippen LogP contribution in [0.5, 0.6) is 11.5 Å². The molecule has 3 aromatic carbocycles. The number of rotatable bonds is 7. The number of anilines is 1. The van der Waals surface area contributed by atoms with Gasteiger partial charge in [0.1, 0.15) is 9.88 Å². The highest BCUT2D eigenvalue weighted by atomic mass is 32.1. The highest BCUT2D eigenvalue weighted by Gasteiger charge is 2.22. The van der Waals surface area contributed by atoms with Crippen molar-refractivity contribution in [2.24, 2.45) is 0 Å². The number of carbonyl (C=O) groups is 2. The lowest BCUT2D eigenvalue weighted by Gasteiger charge is -2.06. The van der Waals surface area contributed by atoms with E-state index in [0.717, 1.165) is 11.1 Å². The van der Waals surface area contributed by atoms with Gasteiger partial charge in [-0.3, -0.25) is 9.59 Å². The number of amides is 2. The number of aromatic nitrogens is 1. The van der Waals surface area contributed by atoms with Gasteiger partial charge >= 0.3 is 0 Å². The fraction of sp³-hybridized carbons (Fsp3) is 0.115. The molecule has 7 nitrogen and oxygen atoms in total. The summed E-state index contributed by atoms with van der Waals surface area (Å²) >= 11 is 1.22. The van der Waals surface area contributed by atoms with E-state index in [0.29, 0.717) is 39.3 Å². The van der Waals surface area contributed by atoms with Crippen molar-refractivity contribution in [2.75, 3.05) is 12.1 Å². The van der Waals surface area contributed by atoms with Crippen LogP contribution in [-0.4, -0.2) is 23.6 Å². The number of nitrogens with one attached hydrogen (secondary N) is 2. The first-order valence-electron chi connectivity index (χ1n) is 10.7. The highest BCUT2D eigenvalue weighted by molar-refractivity contribution is 7.14. The summed E-state index contributed by atoms with van der Waals surface area (Å²) in [6.07, 6.45) is 0.0919. The molecule has 8 heteroatoms. The van der Waals surface area contributed by atoms with Crippen LogP contribution in [0.1, 0.15) is 20.2 Å². The molecule has 0 saturated heterocycles. The van der Waals surface area contributed by atoms with Crippen LogP contribution in [0, 0.1) is 0 Å². The summed E-state index contributed by atoms with van der Waals surface area (Å²) in [7, 11) is 0. The van der Waals surface area contributed by atoms with Crippen molar-refractivity contribution < 1.29 is 19.1 Å². The molecular weight excluding hydrogens is 450 g/mol. The molecule has 1 aliphatic heterocycles. The first-order valence-corrected chi connectivity index (χ1v) is 11.5. The molecule has 170 valence electrons. The van der Waals surface area contributed by atoms with Crippen molar-refractivity contribution in [3.05, 3.63) is 94.3 Å². The van der Waals surface area contributed by atoms with Gasteiger partial charge in [-0.25, -0.2) is 4.98 Å². The molecule has 0 aliphatic carbocycles. The Morgan fingerprint density at radius 3 is 2.44 bits per heavy atom. The van der Waals surface area contributed by atoms with E-state index in [-0.39, 0.29) is 25.0 Å². The minimum atomic E-state index is -0.300. The minimum absolute atomic E-state index is 0.0919. The van der Waals surface area contributed by atoms with Gasteiger partial charge in [-0.2, -0.15) is 0 Å². The van der Waals surface area contributed by atoms with Crippen LogP contribution in [0.2, 0.25) is 0 Å². The third-order valence-electron chi connectivity index (χ3n) is 5.20. The van der Waals surface area contributed by atoms with Crippen LogP contribution in [-0.2, 0) is 17.8 Å². The fourth-order valence-electron chi connectivity index (χ4n) is 3.54. The molecule has 0 atom stereocenters. The smallest absolute Gasteiger partial charge is 0.268 e. The molecule has 34 heavy (non-hydrogen) atoms. The first kappa shape index (κ1) is 21.7. The maximum Gasteiger partial charge on any atom is 0.268 e. The average Bonchev–Trinajstić information content (AvgIpc) is 3.51. The van der Waals surface area contributed by atoms with E-state index < -0.39 is 0 Å². The average molecular weight is 472 g/mol. The fourth-order valence-corrected chi connectivity index (χ4v) is 4.52. The van der Waals surface area contributed by atoms with Gasteiger partial charge in [-0.05, 0) is 17.7 Å². The normalized spacial score (nSPS) is 11.8. The van der Waals surface area contributed by atoms with Gasteiger partial charge in [0, 0.05) is 23.9 Å². The van der Waals surface area contributed by atoms with Gasteiger partial charge in [0.25, 0.3) is 5.91 Å². The van der Waals surface area contributed by atoms with Gasteiger partial charge in [0.15, 0.2) is 11.5 Å². The zero-order chi connectivity index (χ0) is 23.3. The Bertz CT molecular complexity index is 1320. The van der Waals surface area contributed by atoms with Crippen LogP contribution >= 0.6 is 11.3 Å². The van der Waals surface area contributed by atoms with Crippen LogP contribution in [0.3, 0.4) is 0 Å². The summed E-state index contributed by atoms with van der Waals surface area (Å²) < 4.78 is 10.7. The number of carbonyl (C=O) groups excluding carboxylic acids is 2. The Kier molecular flexibility index (Phi) is 6.22. The van der Waals surface area contributed by atoms with E-state index in [1.165, 1.54) is 11.3 Å². The maximum absolute atomic E-state index is 13.2. The maximum atomic E-state index is 13.2. The largest absolute Gasteiger partial charge is 0.454 e. The van der Waals surface area contributed by atoms with E-state index in [2.05, 4.69) is 15.6 Å². The number of hydrogen-bond acceptors (Lipinski definition) is 6. The molecule has 2 amide bonds. The van der Waals surface area contributed by atoms with E-state index in [4.69, 9.17) is 9.47 Å². The second-order valence-electron chi connectivity index (χ2n) is 7.61. The van der Waals surface area contributed by atoms with Gasteiger partial charge in [-0.15, -0.1) is 11.3 Å². The zero-order valence-electron chi connectivity index (χ0n) is 18.1. The summed E-state index contributed by atoms with van der Waals surface area (Å²) in [6, 6.07) is 24.4. The van der Waals surface area contributed by atoms with Crippen molar-refractivity contribution in [1.29, 1.82) is 0 Å². The first-order chi connectivity index (χ1) is 16.7. The standard InChI is InChI=1S/C26H21N3O4S/c30-22(27-15-17-7-3-1-4-8-17)14-23-29-24(18-9-5-2-6-10-18)25(34-23)26(31)28-19-11-12-20-21(13-19)33-16-32-20/h1-13H,14-16H2,(H,27,30)(H,28,31). The minimum Gasteiger partial charge on any atom is -0.454 e. The van der Waals surface area contributed by atoms with Gasteiger partial charge < -0.3 is 20.1 Å². The summed E-state index contributed by atoms with van der Waals surface area (Å²) in [4.78, 5) is 30.8. The molecule has 0 spiro atoms. The molecule has 2 N–H and O–H groups in total. The summed E-state index contributed by atoms with van der Waals surface area (Å²) in [5.74, 6) is 0.775. The lowest BCUT2D eigenvalue weighted by molar-refractivity contribution is -0.120. The number of nitrogens with zero attached hydrogens (tertiary/aromatic N) is 1. The molecule has 1 aromatic heterocycles. The van der Waals surface area contributed by atoms with E-state index in [9.17, 15) is 9.59 Å². The van der Waals surface area contributed by atoms with Gasteiger partial charge in [0.2, 0.25) is 12.7 Å². The third-order valence-corrected chi connectivity index (χ3v) is 6.25. The summed E-state index contributed by atoms with van der Waals surface area (Å²) in [5, 5.41) is 6.39. The number of ether oxygens (including phenoxy) is 2. The monoisotopic (exact) mass is 471 g/mol. The Labute approximate surface area is 200 Å². The van der Waals surface area contributed by atoms with Crippen molar-refractivity contribution in [3.63, 3.8) is 0 Å². The number of hydrogen-bond donors (Lipinski definition) is 2. The van der Waals surface area contributed by atoms with Crippen LogP contribution in [0.4, 0.5) is 5.69 Å². The molecule has 5 rings (SSSR count). The molecule has 0 unspecified atom stereocenters. The SMILES string of the molecule is O=C(Cc1nc(-c2ccccc2)c(C(=O)Nc2ccc3c(c2)OCO3)s1)NCc1ccccc1. The molecule has 0 bridgehead atoms. The number of benzene rings is 3. The van der Waals surface area contributed by atoms with Crippen molar-refractivity contribution in [2.45, 2.75) is 13.0 Å². The molecule has 2 heterocycles. The molecule has 0 radical (unpaired) electrons. The van der Waals surface area contributed by atoms with Gasteiger partial charge in [0.05, 0.1) is 12.1 Å². The lowest BCUT2D eigenvalue weighted by atomic mass is 10.1. The quantitative estimate of drug-likeness (QED) is 0.410. The molecule has 1 aliphatic rings. The van der Waals surface area contributed by atoms with Crippen LogP contribution in [0.25, 0.3) is 11.3 Å². The van der Waals surface area contributed by atoms with Crippen molar-refractivity contribution in [1.82, 2.24) is 10.3 Å². The Morgan fingerprint density at radius 2 is 1.65 bits per heavy atom. The molecule has 0 saturated carbocycles. The van der Waals surface area contributed by atoms with E-state index in [1.54, 1.807) is 18.2 Å². The molecule has 0 fully saturated rings. The third kappa shape index (κ3) is 4.92. The molecular formula is C26H21N3O4S.